The van der Waals surface area contributed by atoms with Crippen molar-refractivity contribution in [1.29, 1.82) is 0 Å². The largest absolute Gasteiger partial charge is 0.496 e. The summed E-state index contributed by atoms with van der Waals surface area (Å²) in [5, 5.41) is 5.22. The summed E-state index contributed by atoms with van der Waals surface area (Å²) in [6.45, 7) is 2.10. The Morgan fingerprint density at radius 3 is 2.95 bits per heavy atom. The van der Waals surface area contributed by atoms with Crippen molar-refractivity contribution in [3.8, 4) is 17.0 Å². The summed E-state index contributed by atoms with van der Waals surface area (Å²) in [6.07, 6.45) is 0. The minimum absolute atomic E-state index is 0.117. The smallest absolute Gasteiger partial charge is 0.230 e. The summed E-state index contributed by atoms with van der Waals surface area (Å²) in [6, 6.07) is 7.64. The zero-order chi connectivity index (χ0) is 14.5. The van der Waals surface area contributed by atoms with Crippen LogP contribution in [0.25, 0.3) is 11.3 Å². The van der Waals surface area contributed by atoms with Crippen LogP contribution < -0.4 is 15.8 Å². The standard InChI is InChI=1S/C14H17N3O2S/c1-9(7-15)13(18)17-14-16-11(8-20-14)10-5-3-4-6-12(10)19-2/h3-6,8-9H,7,15H2,1-2H3,(H,16,17,18). The van der Waals surface area contributed by atoms with Crippen LogP contribution in [0.4, 0.5) is 5.13 Å². The van der Waals surface area contributed by atoms with Gasteiger partial charge in [-0.15, -0.1) is 11.3 Å². The molecule has 5 nitrogen and oxygen atoms in total. The minimum atomic E-state index is -0.228. The molecule has 3 N–H and O–H groups in total. The predicted octanol–water partition coefficient (Wildman–Crippen LogP) is 2.35. The zero-order valence-electron chi connectivity index (χ0n) is 11.4. The molecule has 0 aliphatic rings. The average molecular weight is 291 g/mol. The third-order valence-corrected chi connectivity index (χ3v) is 3.68. The lowest BCUT2D eigenvalue weighted by Gasteiger charge is -2.07. The number of carbonyl (C=O) groups is 1. The summed E-state index contributed by atoms with van der Waals surface area (Å²) >= 11 is 1.38. The monoisotopic (exact) mass is 291 g/mol. The molecule has 0 aliphatic heterocycles. The van der Waals surface area contributed by atoms with E-state index in [1.165, 1.54) is 11.3 Å². The van der Waals surface area contributed by atoms with Crippen molar-refractivity contribution in [3.05, 3.63) is 29.6 Å². The number of nitrogens with one attached hydrogen (secondary N) is 1. The van der Waals surface area contributed by atoms with E-state index in [2.05, 4.69) is 10.3 Å². The molecule has 0 radical (unpaired) electrons. The maximum atomic E-state index is 11.8. The van der Waals surface area contributed by atoms with Crippen molar-refractivity contribution in [2.75, 3.05) is 19.0 Å². The highest BCUT2D eigenvalue weighted by Crippen LogP contribution is 2.31. The fourth-order valence-corrected chi connectivity index (χ4v) is 2.36. The molecule has 0 bridgehead atoms. The molecule has 2 rings (SSSR count). The number of anilines is 1. The van der Waals surface area contributed by atoms with Gasteiger partial charge in [0.1, 0.15) is 5.75 Å². The molecule has 0 fully saturated rings. The number of hydrogen-bond donors (Lipinski definition) is 2. The number of para-hydroxylation sites is 1. The maximum absolute atomic E-state index is 11.8. The van der Waals surface area contributed by atoms with Gasteiger partial charge in [-0.3, -0.25) is 4.79 Å². The quantitative estimate of drug-likeness (QED) is 0.886. The molecule has 0 saturated heterocycles. The van der Waals surface area contributed by atoms with E-state index in [1.54, 1.807) is 14.0 Å². The number of rotatable bonds is 5. The van der Waals surface area contributed by atoms with Crippen LogP contribution in [-0.2, 0) is 4.79 Å². The van der Waals surface area contributed by atoms with Gasteiger partial charge in [-0.1, -0.05) is 19.1 Å². The molecule has 1 amide bonds. The molecular weight excluding hydrogens is 274 g/mol. The van der Waals surface area contributed by atoms with Crippen molar-refractivity contribution >= 4 is 22.4 Å². The van der Waals surface area contributed by atoms with Gasteiger partial charge in [-0.25, -0.2) is 4.98 Å². The zero-order valence-corrected chi connectivity index (χ0v) is 12.2. The number of ether oxygens (including phenoxy) is 1. The fourth-order valence-electron chi connectivity index (χ4n) is 1.65. The number of nitrogens with two attached hydrogens (primary N) is 1. The average Bonchev–Trinajstić information content (AvgIpc) is 2.94. The lowest BCUT2D eigenvalue weighted by Crippen LogP contribution is -2.26. The first-order valence-corrected chi connectivity index (χ1v) is 7.13. The van der Waals surface area contributed by atoms with Crippen LogP contribution in [0, 0.1) is 5.92 Å². The number of aromatic nitrogens is 1. The first-order chi connectivity index (χ1) is 9.65. The first-order valence-electron chi connectivity index (χ1n) is 6.25. The predicted molar refractivity (Wildman–Crippen MR) is 81.0 cm³/mol. The highest BCUT2D eigenvalue weighted by atomic mass is 32.1. The van der Waals surface area contributed by atoms with Gasteiger partial charge in [0.25, 0.3) is 0 Å². The van der Waals surface area contributed by atoms with Gasteiger partial charge in [-0.05, 0) is 12.1 Å². The fraction of sp³-hybridized carbons (Fsp3) is 0.286. The van der Waals surface area contributed by atoms with Crippen LogP contribution in [0.5, 0.6) is 5.75 Å². The van der Waals surface area contributed by atoms with Crippen LogP contribution in [0.15, 0.2) is 29.6 Å². The molecule has 1 aromatic carbocycles. The summed E-state index contributed by atoms with van der Waals surface area (Å²) < 4.78 is 5.31. The third kappa shape index (κ3) is 3.15. The van der Waals surface area contributed by atoms with Gasteiger partial charge in [0.05, 0.1) is 12.8 Å². The van der Waals surface area contributed by atoms with Gasteiger partial charge in [-0.2, -0.15) is 0 Å². The Morgan fingerprint density at radius 2 is 2.25 bits per heavy atom. The molecule has 1 atom stereocenters. The Morgan fingerprint density at radius 1 is 1.50 bits per heavy atom. The molecule has 106 valence electrons. The van der Waals surface area contributed by atoms with E-state index in [0.29, 0.717) is 11.7 Å². The third-order valence-electron chi connectivity index (χ3n) is 2.92. The number of amides is 1. The van der Waals surface area contributed by atoms with E-state index in [1.807, 2.05) is 29.6 Å². The second-order valence-corrected chi connectivity index (χ2v) is 5.22. The Labute approximate surface area is 121 Å². The van der Waals surface area contributed by atoms with Crippen molar-refractivity contribution in [2.45, 2.75) is 6.92 Å². The van der Waals surface area contributed by atoms with E-state index in [0.717, 1.165) is 17.0 Å². The van der Waals surface area contributed by atoms with E-state index in [4.69, 9.17) is 10.5 Å². The number of thiazole rings is 1. The van der Waals surface area contributed by atoms with Gasteiger partial charge in [0, 0.05) is 23.4 Å². The van der Waals surface area contributed by atoms with Crippen molar-refractivity contribution < 1.29 is 9.53 Å². The molecular formula is C14H17N3O2S. The lowest BCUT2D eigenvalue weighted by atomic mass is 10.1. The molecule has 0 saturated carbocycles. The number of carbonyl (C=O) groups excluding carboxylic acids is 1. The molecule has 20 heavy (non-hydrogen) atoms. The lowest BCUT2D eigenvalue weighted by molar-refractivity contribution is -0.119. The van der Waals surface area contributed by atoms with Crippen LogP contribution in [0.1, 0.15) is 6.92 Å². The Kier molecular flexibility index (Phi) is 4.70. The van der Waals surface area contributed by atoms with E-state index < -0.39 is 0 Å². The Balaban J connectivity index is 2.19. The molecule has 0 aliphatic carbocycles. The summed E-state index contributed by atoms with van der Waals surface area (Å²) in [7, 11) is 1.62. The molecule has 2 aromatic rings. The highest BCUT2D eigenvalue weighted by molar-refractivity contribution is 7.14. The Hall–Kier alpha value is -1.92. The topological polar surface area (TPSA) is 77.2 Å². The molecule has 1 aromatic heterocycles. The van der Waals surface area contributed by atoms with E-state index in [9.17, 15) is 4.79 Å². The highest BCUT2D eigenvalue weighted by Gasteiger charge is 2.14. The number of hydrogen-bond acceptors (Lipinski definition) is 5. The maximum Gasteiger partial charge on any atom is 0.230 e. The normalized spacial score (nSPS) is 11.9. The number of methoxy groups -OCH3 is 1. The van der Waals surface area contributed by atoms with Gasteiger partial charge < -0.3 is 15.8 Å². The SMILES string of the molecule is COc1ccccc1-c1csc(NC(=O)C(C)CN)n1. The number of nitrogens with zero attached hydrogens (tertiary/aromatic N) is 1. The molecule has 1 unspecified atom stereocenters. The van der Waals surface area contributed by atoms with E-state index >= 15 is 0 Å². The van der Waals surface area contributed by atoms with Crippen molar-refractivity contribution in [3.63, 3.8) is 0 Å². The second-order valence-electron chi connectivity index (χ2n) is 4.36. The molecule has 0 spiro atoms. The summed E-state index contributed by atoms with van der Waals surface area (Å²) in [5.41, 5.74) is 7.15. The summed E-state index contributed by atoms with van der Waals surface area (Å²) in [4.78, 5) is 16.2. The second kappa shape index (κ2) is 6.49. The van der Waals surface area contributed by atoms with Gasteiger partial charge in [0.15, 0.2) is 5.13 Å². The first kappa shape index (κ1) is 14.5. The van der Waals surface area contributed by atoms with Crippen LogP contribution >= 0.6 is 11.3 Å². The van der Waals surface area contributed by atoms with Crippen molar-refractivity contribution in [2.24, 2.45) is 11.7 Å². The van der Waals surface area contributed by atoms with Gasteiger partial charge >= 0.3 is 0 Å². The Bertz CT molecular complexity index is 598. The van der Waals surface area contributed by atoms with E-state index in [-0.39, 0.29) is 11.8 Å². The van der Waals surface area contributed by atoms with Crippen LogP contribution in [0.3, 0.4) is 0 Å². The van der Waals surface area contributed by atoms with Gasteiger partial charge in [0.2, 0.25) is 5.91 Å². The minimum Gasteiger partial charge on any atom is -0.496 e. The van der Waals surface area contributed by atoms with Crippen LogP contribution in [-0.4, -0.2) is 24.5 Å². The molecule has 1 heterocycles. The number of benzene rings is 1. The molecule has 6 heteroatoms. The van der Waals surface area contributed by atoms with Crippen LogP contribution in [0.2, 0.25) is 0 Å². The van der Waals surface area contributed by atoms with Crippen molar-refractivity contribution in [1.82, 2.24) is 4.98 Å². The summed E-state index contributed by atoms with van der Waals surface area (Å²) in [5.74, 6) is 0.410.